The number of hydrogen-bond donors (Lipinski definition) is 1. The summed E-state index contributed by atoms with van der Waals surface area (Å²) in [6.45, 7) is 8.97. The first-order valence-corrected chi connectivity index (χ1v) is 13.6. The lowest BCUT2D eigenvalue weighted by atomic mass is 9.83. The third-order valence-corrected chi connectivity index (χ3v) is 8.20. The number of carbonyl (C=O) groups is 2. The highest BCUT2D eigenvalue weighted by Crippen LogP contribution is 2.38. The number of nitrogens with one attached hydrogen (secondary N) is 1. The number of amides is 2. The zero-order valence-electron chi connectivity index (χ0n) is 21.5. The Morgan fingerprint density at radius 2 is 1.84 bits per heavy atom. The molecule has 37 heavy (non-hydrogen) atoms. The maximum atomic E-state index is 13.5. The van der Waals surface area contributed by atoms with Crippen molar-refractivity contribution in [3.8, 4) is 0 Å². The van der Waals surface area contributed by atoms with E-state index in [1.165, 1.54) is 0 Å². The molecular formula is C26H38N6O5. The van der Waals surface area contributed by atoms with Crippen LogP contribution in [0.4, 0.5) is 11.4 Å². The van der Waals surface area contributed by atoms with Crippen LogP contribution in [0, 0.1) is 16.0 Å². The summed E-state index contributed by atoms with van der Waals surface area (Å²) in [5, 5.41) is 14.5. The fraction of sp³-hybridized carbons (Fsp3) is 0.692. The number of piperazine rings is 1. The molecule has 0 aliphatic carbocycles. The molecule has 4 aliphatic rings. The van der Waals surface area contributed by atoms with E-state index in [1.807, 2.05) is 11.0 Å². The van der Waals surface area contributed by atoms with Crippen molar-refractivity contribution in [2.24, 2.45) is 5.92 Å². The van der Waals surface area contributed by atoms with Gasteiger partial charge >= 0.3 is 0 Å². The SMILES string of the molecule is O=C(NCCCN1CCOCC1)[C@@H]1Cc2cc([N+](=O)[O-])ccc2N2CCN(CC(=O)N3CCCC3)C[C@H]12. The van der Waals surface area contributed by atoms with E-state index in [4.69, 9.17) is 4.74 Å². The number of hydrogen-bond acceptors (Lipinski definition) is 8. The molecular weight excluding hydrogens is 476 g/mol. The van der Waals surface area contributed by atoms with Gasteiger partial charge in [-0.2, -0.15) is 0 Å². The van der Waals surface area contributed by atoms with Crippen molar-refractivity contribution < 1.29 is 19.2 Å². The number of carbonyl (C=O) groups excluding carboxylic acids is 2. The Labute approximate surface area is 217 Å². The van der Waals surface area contributed by atoms with E-state index in [0.717, 1.165) is 83.0 Å². The smallest absolute Gasteiger partial charge is 0.269 e. The number of anilines is 1. The Morgan fingerprint density at radius 3 is 2.59 bits per heavy atom. The third-order valence-electron chi connectivity index (χ3n) is 8.20. The number of nitro benzene ring substituents is 1. The Hall–Kier alpha value is -2.76. The van der Waals surface area contributed by atoms with Gasteiger partial charge < -0.3 is 19.9 Å². The lowest BCUT2D eigenvalue weighted by molar-refractivity contribution is -0.384. The van der Waals surface area contributed by atoms with E-state index >= 15 is 0 Å². The molecule has 2 atom stereocenters. The fourth-order valence-corrected chi connectivity index (χ4v) is 6.15. The zero-order chi connectivity index (χ0) is 25.8. The van der Waals surface area contributed by atoms with Crippen molar-refractivity contribution in [1.82, 2.24) is 20.0 Å². The van der Waals surface area contributed by atoms with Gasteiger partial charge in [-0.25, -0.2) is 0 Å². The molecule has 11 heteroatoms. The summed E-state index contributed by atoms with van der Waals surface area (Å²) in [5.74, 6) is -0.175. The number of ether oxygens (including phenoxy) is 1. The molecule has 3 fully saturated rings. The van der Waals surface area contributed by atoms with E-state index < -0.39 is 0 Å². The predicted molar refractivity (Wildman–Crippen MR) is 139 cm³/mol. The van der Waals surface area contributed by atoms with Gasteiger partial charge in [-0.3, -0.25) is 29.5 Å². The molecule has 4 aliphatic heterocycles. The fourth-order valence-electron chi connectivity index (χ4n) is 6.15. The summed E-state index contributed by atoms with van der Waals surface area (Å²) in [6.07, 6.45) is 3.46. The first-order valence-electron chi connectivity index (χ1n) is 13.6. The highest BCUT2D eigenvalue weighted by molar-refractivity contribution is 5.82. The molecule has 4 heterocycles. The maximum Gasteiger partial charge on any atom is 0.269 e. The van der Waals surface area contributed by atoms with Gasteiger partial charge in [0, 0.05) is 70.2 Å². The van der Waals surface area contributed by atoms with Crippen LogP contribution in [-0.4, -0.2) is 116 Å². The summed E-state index contributed by atoms with van der Waals surface area (Å²) < 4.78 is 5.40. The lowest BCUT2D eigenvalue weighted by Gasteiger charge is -2.49. The summed E-state index contributed by atoms with van der Waals surface area (Å²) in [5.41, 5.74) is 1.87. The highest BCUT2D eigenvalue weighted by atomic mass is 16.6. The van der Waals surface area contributed by atoms with Crippen LogP contribution in [0.2, 0.25) is 0 Å². The van der Waals surface area contributed by atoms with Gasteiger partial charge in [0.2, 0.25) is 11.8 Å². The summed E-state index contributed by atoms with van der Waals surface area (Å²) in [7, 11) is 0. The van der Waals surface area contributed by atoms with Crippen LogP contribution < -0.4 is 10.2 Å². The van der Waals surface area contributed by atoms with Crippen molar-refractivity contribution in [3.05, 3.63) is 33.9 Å². The van der Waals surface area contributed by atoms with Crippen LogP contribution in [0.3, 0.4) is 0 Å². The molecule has 1 N–H and O–H groups in total. The number of non-ortho nitro benzene ring substituents is 1. The standard InChI is InChI=1S/C26H38N6O5/c33-25(30-8-1-2-9-30)19-29-10-11-31-23-5-4-21(32(35)36)16-20(23)17-22(24(31)18-29)26(34)27-6-3-7-28-12-14-37-15-13-28/h4-5,16,22,24H,1-3,6-15,17-19H2,(H,27,34)/t22-,24-/m1/s1. The Kier molecular flexibility index (Phi) is 8.21. The van der Waals surface area contributed by atoms with Crippen molar-refractivity contribution >= 4 is 23.2 Å². The minimum Gasteiger partial charge on any atom is -0.379 e. The average Bonchev–Trinajstić information content (AvgIpc) is 3.46. The average molecular weight is 515 g/mol. The quantitative estimate of drug-likeness (QED) is 0.307. The van der Waals surface area contributed by atoms with E-state index in [-0.39, 0.29) is 34.4 Å². The zero-order valence-corrected chi connectivity index (χ0v) is 21.5. The molecule has 2 amide bonds. The number of benzene rings is 1. The molecule has 3 saturated heterocycles. The predicted octanol–water partition coefficient (Wildman–Crippen LogP) is 0.719. The normalized spacial score (nSPS) is 24.4. The van der Waals surface area contributed by atoms with Crippen molar-refractivity contribution in [3.63, 3.8) is 0 Å². The van der Waals surface area contributed by atoms with Crippen molar-refractivity contribution in [2.75, 3.05) is 83.6 Å². The highest BCUT2D eigenvalue weighted by Gasteiger charge is 2.42. The number of rotatable bonds is 8. The van der Waals surface area contributed by atoms with Gasteiger partial charge in [-0.1, -0.05) is 0 Å². The van der Waals surface area contributed by atoms with Crippen LogP contribution >= 0.6 is 0 Å². The summed E-state index contributed by atoms with van der Waals surface area (Å²) >= 11 is 0. The third kappa shape index (κ3) is 6.05. The van der Waals surface area contributed by atoms with Gasteiger partial charge in [-0.15, -0.1) is 0 Å². The molecule has 0 unspecified atom stereocenters. The van der Waals surface area contributed by atoms with Gasteiger partial charge in [0.05, 0.1) is 36.6 Å². The Bertz CT molecular complexity index is 994. The van der Waals surface area contributed by atoms with Crippen LogP contribution in [0.1, 0.15) is 24.8 Å². The van der Waals surface area contributed by atoms with Gasteiger partial charge in [0.15, 0.2) is 0 Å². The van der Waals surface area contributed by atoms with Crippen LogP contribution in [0.25, 0.3) is 0 Å². The number of morpholine rings is 1. The van der Waals surface area contributed by atoms with Gasteiger partial charge in [0.1, 0.15) is 0 Å². The van der Waals surface area contributed by atoms with Gasteiger partial charge in [-0.05, 0) is 43.9 Å². The second kappa shape index (κ2) is 11.7. The number of likely N-dealkylation sites (tertiary alicyclic amines) is 1. The summed E-state index contributed by atoms with van der Waals surface area (Å²) in [6, 6.07) is 4.91. The van der Waals surface area contributed by atoms with Crippen molar-refractivity contribution in [2.45, 2.75) is 31.7 Å². The molecule has 0 saturated carbocycles. The molecule has 11 nitrogen and oxygen atoms in total. The topological polar surface area (TPSA) is 111 Å². The first-order chi connectivity index (χ1) is 18.0. The monoisotopic (exact) mass is 514 g/mol. The van der Waals surface area contributed by atoms with Crippen LogP contribution in [0.15, 0.2) is 18.2 Å². The Morgan fingerprint density at radius 1 is 1.05 bits per heavy atom. The molecule has 0 spiro atoms. The number of nitro groups is 1. The minimum absolute atomic E-state index is 0.0122. The number of nitrogens with zero attached hydrogens (tertiary/aromatic N) is 5. The Balaban J connectivity index is 1.26. The van der Waals surface area contributed by atoms with Crippen molar-refractivity contribution in [1.29, 1.82) is 0 Å². The lowest BCUT2D eigenvalue weighted by Crippen LogP contribution is -2.62. The molecule has 0 radical (unpaired) electrons. The first kappa shape index (κ1) is 25.9. The largest absolute Gasteiger partial charge is 0.379 e. The van der Waals surface area contributed by atoms with E-state index in [9.17, 15) is 19.7 Å². The summed E-state index contributed by atoms with van der Waals surface area (Å²) in [4.78, 5) is 46.0. The van der Waals surface area contributed by atoms with Crippen LogP contribution in [-0.2, 0) is 20.7 Å². The maximum absolute atomic E-state index is 13.5. The second-order valence-electron chi connectivity index (χ2n) is 10.6. The molecule has 202 valence electrons. The molecule has 0 aromatic heterocycles. The molecule has 1 aromatic carbocycles. The molecule has 5 rings (SSSR count). The minimum atomic E-state index is -0.380. The van der Waals surface area contributed by atoms with E-state index in [2.05, 4.69) is 20.0 Å². The van der Waals surface area contributed by atoms with Crippen LogP contribution in [0.5, 0.6) is 0 Å². The van der Waals surface area contributed by atoms with E-state index in [1.54, 1.807) is 12.1 Å². The molecule has 1 aromatic rings. The second-order valence-corrected chi connectivity index (χ2v) is 10.6. The van der Waals surface area contributed by atoms with Gasteiger partial charge in [0.25, 0.3) is 5.69 Å². The molecule has 0 bridgehead atoms. The van der Waals surface area contributed by atoms with E-state index in [0.29, 0.717) is 32.6 Å². The number of fused-ring (bicyclic) bond motifs is 3.